The van der Waals surface area contributed by atoms with Crippen molar-refractivity contribution in [1.82, 2.24) is 0 Å². The molecule has 58 valence electrons. The van der Waals surface area contributed by atoms with Crippen molar-refractivity contribution in [2.45, 2.75) is 6.10 Å². The van der Waals surface area contributed by atoms with Gasteiger partial charge in [0.15, 0.2) is 0 Å². The summed E-state index contributed by atoms with van der Waals surface area (Å²) in [6.07, 6.45) is 0.149. The molecule has 2 rings (SSSR count). The quantitative estimate of drug-likeness (QED) is 0.607. The van der Waals surface area contributed by atoms with Gasteiger partial charge in [-0.2, -0.15) is 0 Å². The fraction of sp³-hybridized carbons (Fsp3) is 0.333. The molecular formula is C9H10O2. The van der Waals surface area contributed by atoms with Gasteiger partial charge in [-0.1, -0.05) is 30.3 Å². The first-order valence-corrected chi connectivity index (χ1v) is 3.71. The van der Waals surface area contributed by atoms with Gasteiger partial charge in [-0.3, -0.25) is 0 Å². The van der Waals surface area contributed by atoms with Gasteiger partial charge in [0, 0.05) is 0 Å². The maximum atomic E-state index is 5.32. The fourth-order valence-electron chi connectivity index (χ4n) is 1.19. The molecule has 1 aliphatic rings. The number of benzene rings is 1. The van der Waals surface area contributed by atoms with Gasteiger partial charge in [0.25, 0.3) is 0 Å². The van der Waals surface area contributed by atoms with Gasteiger partial charge in [0.2, 0.25) is 0 Å². The minimum atomic E-state index is 0.149. The second-order valence-electron chi connectivity index (χ2n) is 2.55. The molecule has 0 aliphatic carbocycles. The van der Waals surface area contributed by atoms with Crippen molar-refractivity contribution >= 4 is 0 Å². The van der Waals surface area contributed by atoms with Gasteiger partial charge >= 0.3 is 0 Å². The summed E-state index contributed by atoms with van der Waals surface area (Å²) >= 11 is 0. The van der Waals surface area contributed by atoms with Crippen LogP contribution in [0.4, 0.5) is 0 Å². The molecule has 0 radical (unpaired) electrons. The van der Waals surface area contributed by atoms with E-state index in [0.29, 0.717) is 13.4 Å². The first-order chi connectivity index (χ1) is 5.47. The maximum absolute atomic E-state index is 5.32. The largest absolute Gasteiger partial charge is 0.352 e. The lowest BCUT2D eigenvalue weighted by Crippen LogP contribution is -1.98. The molecule has 1 atom stereocenters. The van der Waals surface area contributed by atoms with Crippen LogP contribution in [0.2, 0.25) is 0 Å². The van der Waals surface area contributed by atoms with E-state index in [9.17, 15) is 0 Å². The van der Waals surface area contributed by atoms with Crippen LogP contribution in [0.15, 0.2) is 30.3 Å². The molecule has 0 amide bonds. The van der Waals surface area contributed by atoms with Crippen LogP contribution >= 0.6 is 0 Å². The van der Waals surface area contributed by atoms with E-state index in [-0.39, 0.29) is 6.10 Å². The highest BCUT2D eigenvalue weighted by Gasteiger charge is 2.16. The molecule has 2 heteroatoms. The molecule has 0 saturated carbocycles. The van der Waals surface area contributed by atoms with Gasteiger partial charge in [0.1, 0.15) is 12.9 Å². The number of hydrogen-bond donors (Lipinski definition) is 0. The van der Waals surface area contributed by atoms with Gasteiger partial charge in [0.05, 0.1) is 6.61 Å². The van der Waals surface area contributed by atoms with Crippen LogP contribution in [-0.2, 0) is 9.47 Å². The van der Waals surface area contributed by atoms with E-state index in [0.717, 1.165) is 0 Å². The van der Waals surface area contributed by atoms with Crippen LogP contribution in [-0.4, -0.2) is 13.4 Å². The third-order valence-electron chi connectivity index (χ3n) is 1.79. The second-order valence-corrected chi connectivity index (χ2v) is 2.55. The summed E-state index contributed by atoms with van der Waals surface area (Å²) in [5.74, 6) is 0. The number of hydrogen-bond acceptors (Lipinski definition) is 2. The van der Waals surface area contributed by atoms with Gasteiger partial charge in [-0.15, -0.1) is 0 Å². The third kappa shape index (κ3) is 1.42. The maximum Gasteiger partial charge on any atom is 0.147 e. The number of ether oxygens (including phenoxy) is 2. The molecule has 2 nitrogen and oxygen atoms in total. The van der Waals surface area contributed by atoms with Crippen molar-refractivity contribution < 1.29 is 9.47 Å². The standard InChI is InChI=1S/C9H10O2/c1-2-4-8(5-3-1)9-6-10-7-11-9/h1-5,9H,6-7H2/t9-/m0/s1. The van der Waals surface area contributed by atoms with E-state index in [1.165, 1.54) is 5.56 Å². The summed E-state index contributed by atoms with van der Waals surface area (Å²) in [7, 11) is 0. The first-order valence-electron chi connectivity index (χ1n) is 3.71. The number of rotatable bonds is 1. The molecule has 11 heavy (non-hydrogen) atoms. The summed E-state index contributed by atoms with van der Waals surface area (Å²) in [5, 5.41) is 0. The highest BCUT2D eigenvalue weighted by molar-refractivity contribution is 5.17. The molecule has 0 aromatic heterocycles. The summed E-state index contributed by atoms with van der Waals surface area (Å²) in [6.45, 7) is 1.11. The molecule has 1 fully saturated rings. The Hall–Kier alpha value is -0.860. The summed E-state index contributed by atoms with van der Waals surface area (Å²) < 4.78 is 10.4. The van der Waals surface area contributed by atoms with Gasteiger partial charge in [-0.05, 0) is 5.56 Å². The van der Waals surface area contributed by atoms with Crippen molar-refractivity contribution in [1.29, 1.82) is 0 Å². The van der Waals surface area contributed by atoms with E-state index >= 15 is 0 Å². The van der Waals surface area contributed by atoms with Crippen LogP contribution in [0, 0.1) is 0 Å². The fourth-order valence-corrected chi connectivity index (χ4v) is 1.19. The Kier molecular flexibility index (Phi) is 1.88. The average Bonchev–Trinajstić information content (AvgIpc) is 2.58. The van der Waals surface area contributed by atoms with E-state index in [4.69, 9.17) is 9.47 Å². The van der Waals surface area contributed by atoms with E-state index in [1.807, 2.05) is 18.2 Å². The van der Waals surface area contributed by atoms with Crippen molar-refractivity contribution in [3.8, 4) is 0 Å². The molecule has 1 aromatic rings. The Bertz CT molecular complexity index is 214. The molecule has 1 saturated heterocycles. The van der Waals surface area contributed by atoms with E-state index in [2.05, 4.69) is 12.1 Å². The summed E-state index contributed by atoms with van der Waals surface area (Å²) in [6, 6.07) is 10.1. The minimum Gasteiger partial charge on any atom is -0.352 e. The first kappa shape index (κ1) is 6.83. The normalized spacial score (nSPS) is 23.8. The van der Waals surface area contributed by atoms with Crippen molar-refractivity contribution in [2.24, 2.45) is 0 Å². The van der Waals surface area contributed by atoms with Crippen LogP contribution in [0.5, 0.6) is 0 Å². The Morgan fingerprint density at radius 1 is 1.18 bits per heavy atom. The monoisotopic (exact) mass is 150 g/mol. The van der Waals surface area contributed by atoms with Crippen molar-refractivity contribution in [3.63, 3.8) is 0 Å². The van der Waals surface area contributed by atoms with Crippen LogP contribution < -0.4 is 0 Å². The zero-order chi connectivity index (χ0) is 7.52. The minimum absolute atomic E-state index is 0.149. The highest BCUT2D eigenvalue weighted by atomic mass is 16.7. The third-order valence-corrected chi connectivity index (χ3v) is 1.79. The lowest BCUT2D eigenvalue weighted by atomic mass is 10.1. The Morgan fingerprint density at radius 3 is 2.64 bits per heavy atom. The summed E-state index contributed by atoms with van der Waals surface area (Å²) in [4.78, 5) is 0. The predicted octanol–water partition coefficient (Wildman–Crippen LogP) is 1.73. The zero-order valence-corrected chi connectivity index (χ0v) is 6.19. The average molecular weight is 150 g/mol. The SMILES string of the molecule is c1ccc([C@@H]2COCO2)cc1. The zero-order valence-electron chi connectivity index (χ0n) is 6.19. The van der Waals surface area contributed by atoms with Crippen molar-refractivity contribution in [2.75, 3.05) is 13.4 Å². The van der Waals surface area contributed by atoms with Gasteiger partial charge in [-0.25, -0.2) is 0 Å². The van der Waals surface area contributed by atoms with E-state index in [1.54, 1.807) is 0 Å². The smallest absolute Gasteiger partial charge is 0.147 e. The van der Waals surface area contributed by atoms with Crippen LogP contribution in [0.3, 0.4) is 0 Å². The molecular weight excluding hydrogens is 140 g/mol. The van der Waals surface area contributed by atoms with Gasteiger partial charge < -0.3 is 9.47 Å². The second kappa shape index (κ2) is 3.03. The predicted molar refractivity (Wildman–Crippen MR) is 41.1 cm³/mol. The molecule has 0 N–H and O–H groups in total. The van der Waals surface area contributed by atoms with E-state index < -0.39 is 0 Å². The summed E-state index contributed by atoms with van der Waals surface area (Å²) in [5.41, 5.74) is 1.20. The highest BCUT2D eigenvalue weighted by Crippen LogP contribution is 2.21. The Balaban J connectivity index is 2.16. The molecule has 0 unspecified atom stereocenters. The van der Waals surface area contributed by atoms with Crippen LogP contribution in [0.25, 0.3) is 0 Å². The van der Waals surface area contributed by atoms with Crippen molar-refractivity contribution in [3.05, 3.63) is 35.9 Å². The Labute approximate surface area is 65.7 Å². The molecule has 0 spiro atoms. The molecule has 1 aliphatic heterocycles. The molecule has 1 aromatic carbocycles. The molecule has 1 heterocycles. The lowest BCUT2D eigenvalue weighted by Gasteiger charge is -2.05. The topological polar surface area (TPSA) is 18.5 Å². The van der Waals surface area contributed by atoms with Crippen LogP contribution in [0.1, 0.15) is 11.7 Å². The lowest BCUT2D eigenvalue weighted by molar-refractivity contribution is 0.0466. The Morgan fingerprint density at radius 2 is 2.00 bits per heavy atom. The molecule has 0 bridgehead atoms.